The lowest BCUT2D eigenvalue weighted by molar-refractivity contribution is 0.0956. The summed E-state index contributed by atoms with van der Waals surface area (Å²) in [6.07, 6.45) is 1.08. The number of hydrogen-bond acceptors (Lipinski definition) is 3. The molecule has 0 spiro atoms. The van der Waals surface area contributed by atoms with Crippen molar-refractivity contribution in [2.45, 2.75) is 40.2 Å². The van der Waals surface area contributed by atoms with Gasteiger partial charge >= 0.3 is 0 Å². The zero-order valence-corrected chi connectivity index (χ0v) is 12.2. The summed E-state index contributed by atoms with van der Waals surface area (Å²) in [5.74, 6) is 1.10. The Hall–Kier alpha value is -1.71. The van der Waals surface area contributed by atoms with Gasteiger partial charge in [-0.25, -0.2) is 0 Å². The van der Waals surface area contributed by atoms with Gasteiger partial charge < -0.3 is 15.8 Å². The minimum Gasteiger partial charge on any atom is -0.489 e. The molecule has 0 radical (unpaired) electrons. The van der Waals surface area contributed by atoms with E-state index in [4.69, 9.17) is 10.5 Å². The molecular weight excluding hydrogens is 240 g/mol. The van der Waals surface area contributed by atoms with Gasteiger partial charge in [0.15, 0.2) is 0 Å². The second kappa shape index (κ2) is 7.02. The normalized spacial score (nSPS) is 12.3. The fourth-order valence-corrected chi connectivity index (χ4v) is 1.99. The summed E-state index contributed by atoms with van der Waals surface area (Å²) < 4.78 is 5.79. The Morgan fingerprint density at radius 2 is 2.05 bits per heavy atom. The third-order valence-electron chi connectivity index (χ3n) is 2.74. The highest BCUT2D eigenvalue weighted by Crippen LogP contribution is 2.25. The first-order valence-electron chi connectivity index (χ1n) is 6.78. The van der Waals surface area contributed by atoms with Crippen LogP contribution in [0.5, 0.6) is 5.75 Å². The summed E-state index contributed by atoms with van der Waals surface area (Å²) in [7, 11) is 0. The molecule has 1 unspecified atom stereocenters. The second-order valence-electron chi connectivity index (χ2n) is 5.17. The summed E-state index contributed by atoms with van der Waals surface area (Å²) in [5, 5.41) is 2.74. The van der Waals surface area contributed by atoms with Crippen LogP contribution < -0.4 is 15.8 Å². The number of carbonyl (C=O) groups excluding carboxylic acids is 1. The predicted octanol–water partition coefficient (Wildman–Crippen LogP) is 2.83. The fourth-order valence-electron chi connectivity index (χ4n) is 1.99. The molecule has 4 nitrogen and oxygen atoms in total. The largest absolute Gasteiger partial charge is 0.489 e. The Bertz CT molecular complexity index is 430. The highest BCUT2D eigenvalue weighted by Gasteiger charge is 2.11. The smallest absolute Gasteiger partial charge is 0.251 e. The maximum atomic E-state index is 11.7. The lowest BCUT2D eigenvalue weighted by Crippen LogP contribution is -2.22. The first-order chi connectivity index (χ1) is 8.93. The highest BCUT2D eigenvalue weighted by atomic mass is 16.5. The molecule has 0 aromatic heterocycles. The Balaban J connectivity index is 2.74. The number of rotatable bonds is 6. The van der Waals surface area contributed by atoms with Crippen LogP contribution in [0.3, 0.4) is 0 Å². The van der Waals surface area contributed by atoms with Gasteiger partial charge in [0, 0.05) is 12.1 Å². The maximum absolute atomic E-state index is 11.7. The number of nitrogens with two attached hydrogens (primary N) is 1. The van der Waals surface area contributed by atoms with Crippen LogP contribution in [0.25, 0.3) is 0 Å². The van der Waals surface area contributed by atoms with Crippen molar-refractivity contribution in [2.75, 3.05) is 12.3 Å². The van der Waals surface area contributed by atoms with E-state index in [0.717, 1.165) is 6.42 Å². The number of carbonyl (C=O) groups is 1. The third-order valence-corrected chi connectivity index (χ3v) is 2.74. The molecule has 0 fully saturated rings. The van der Waals surface area contributed by atoms with Crippen LogP contribution >= 0.6 is 0 Å². The van der Waals surface area contributed by atoms with Crippen molar-refractivity contribution in [3.05, 3.63) is 23.8 Å². The summed E-state index contributed by atoms with van der Waals surface area (Å²) in [4.78, 5) is 11.7. The molecule has 1 aromatic rings. The molecule has 0 aliphatic heterocycles. The van der Waals surface area contributed by atoms with Crippen LogP contribution in [0.1, 0.15) is 44.5 Å². The maximum Gasteiger partial charge on any atom is 0.251 e. The van der Waals surface area contributed by atoms with Crippen molar-refractivity contribution in [2.24, 2.45) is 5.92 Å². The Kier molecular flexibility index (Phi) is 5.67. The van der Waals surface area contributed by atoms with Crippen molar-refractivity contribution in [3.63, 3.8) is 0 Å². The lowest BCUT2D eigenvalue weighted by Gasteiger charge is -2.18. The van der Waals surface area contributed by atoms with Crippen LogP contribution in [0, 0.1) is 5.92 Å². The van der Waals surface area contributed by atoms with Crippen molar-refractivity contribution in [1.82, 2.24) is 5.32 Å². The zero-order valence-electron chi connectivity index (χ0n) is 12.2. The number of benzene rings is 1. The number of hydrogen-bond donors (Lipinski definition) is 2. The fraction of sp³-hybridized carbons (Fsp3) is 0.533. The van der Waals surface area contributed by atoms with E-state index >= 15 is 0 Å². The molecule has 1 amide bonds. The Morgan fingerprint density at radius 3 is 2.58 bits per heavy atom. The van der Waals surface area contributed by atoms with Gasteiger partial charge in [-0.05, 0) is 44.4 Å². The van der Waals surface area contributed by atoms with Gasteiger partial charge in [-0.1, -0.05) is 13.8 Å². The van der Waals surface area contributed by atoms with Crippen molar-refractivity contribution >= 4 is 11.6 Å². The molecule has 0 heterocycles. The molecule has 0 saturated carbocycles. The number of nitrogens with one attached hydrogen (secondary N) is 1. The SMILES string of the molecule is CCNC(=O)c1ccc(OC(C)CC(C)C)c(N)c1. The van der Waals surface area contributed by atoms with Crippen LogP contribution in [-0.4, -0.2) is 18.6 Å². The van der Waals surface area contributed by atoms with Gasteiger partial charge in [-0.2, -0.15) is 0 Å². The van der Waals surface area contributed by atoms with Gasteiger partial charge in [0.05, 0.1) is 11.8 Å². The van der Waals surface area contributed by atoms with Crippen molar-refractivity contribution in [3.8, 4) is 5.75 Å². The zero-order chi connectivity index (χ0) is 14.4. The third kappa shape index (κ3) is 4.81. The van der Waals surface area contributed by atoms with E-state index in [-0.39, 0.29) is 12.0 Å². The van der Waals surface area contributed by atoms with Gasteiger partial charge in [-0.15, -0.1) is 0 Å². The second-order valence-corrected chi connectivity index (χ2v) is 5.17. The van der Waals surface area contributed by atoms with Crippen molar-refractivity contribution < 1.29 is 9.53 Å². The summed E-state index contributed by atoms with van der Waals surface area (Å²) in [5.41, 5.74) is 6.99. The average Bonchev–Trinajstić information content (AvgIpc) is 2.31. The minimum absolute atomic E-state index is 0.109. The summed E-state index contributed by atoms with van der Waals surface area (Å²) >= 11 is 0. The van der Waals surface area contributed by atoms with Crippen LogP contribution in [0.15, 0.2) is 18.2 Å². The van der Waals surface area contributed by atoms with Crippen LogP contribution in [0.4, 0.5) is 5.69 Å². The van der Waals surface area contributed by atoms with Crippen LogP contribution in [-0.2, 0) is 0 Å². The van der Waals surface area contributed by atoms with Gasteiger partial charge in [0.1, 0.15) is 5.75 Å². The molecule has 0 bridgehead atoms. The van der Waals surface area contributed by atoms with E-state index in [9.17, 15) is 4.79 Å². The number of nitrogen functional groups attached to an aromatic ring is 1. The van der Waals surface area contributed by atoms with E-state index < -0.39 is 0 Å². The van der Waals surface area contributed by atoms with E-state index in [2.05, 4.69) is 19.2 Å². The van der Waals surface area contributed by atoms with E-state index in [0.29, 0.717) is 29.5 Å². The lowest BCUT2D eigenvalue weighted by atomic mass is 10.1. The summed E-state index contributed by atoms with van der Waals surface area (Å²) in [6, 6.07) is 5.15. The average molecular weight is 264 g/mol. The Morgan fingerprint density at radius 1 is 1.37 bits per heavy atom. The first-order valence-corrected chi connectivity index (χ1v) is 6.78. The molecule has 0 saturated heterocycles. The molecule has 0 aliphatic rings. The number of amides is 1. The van der Waals surface area contributed by atoms with Crippen LogP contribution in [0.2, 0.25) is 0 Å². The molecule has 106 valence electrons. The minimum atomic E-state index is -0.115. The van der Waals surface area contributed by atoms with E-state index in [1.165, 1.54) is 0 Å². The molecule has 1 rings (SSSR count). The monoisotopic (exact) mass is 264 g/mol. The predicted molar refractivity (Wildman–Crippen MR) is 78.4 cm³/mol. The number of ether oxygens (including phenoxy) is 1. The summed E-state index contributed by atoms with van der Waals surface area (Å²) in [6.45, 7) is 8.81. The molecule has 4 heteroatoms. The molecule has 1 aromatic carbocycles. The molecule has 19 heavy (non-hydrogen) atoms. The van der Waals surface area contributed by atoms with Gasteiger partial charge in [-0.3, -0.25) is 4.79 Å². The van der Waals surface area contributed by atoms with Gasteiger partial charge in [0.2, 0.25) is 0 Å². The van der Waals surface area contributed by atoms with Crippen molar-refractivity contribution in [1.29, 1.82) is 0 Å². The quantitative estimate of drug-likeness (QED) is 0.776. The number of anilines is 1. The standard InChI is InChI=1S/C15H24N2O2/c1-5-17-15(18)12-6-7-14(13(16)9-12)19-11(4)8-10(2)3/h6-7,9-11H,5,8,16H2,1-4H3,(H,17,18). The van der Waals surface area contributed by atoms with E-state index in [1.807, 2.05) is 13.8 Å². The highest BCUT2D eigenvalue weighted by molar-refractivity contribution is 5.95. The molecule has 3 N–H and O–H groups in total. The molecular formula is C15H24N2O2. The van der Waals surface area contributed by atoms with Gasteiger partial charge in [0.25, 0.3) is 5.91 Å². The topological polar surface area (TPSA) is 64.3 Å². The first kappa shape index (κ1) is 15.3. The molecule has 1 atom stereocenters. The molecule has 0 aliphatic carbocycles. The Labute approximate surface area is 115 Å². The van der Waals surface area contributed by atoms with E-state index in [1.54, 1.807) is 18.2 Å².